The number of ether oxygens (including phenoxy) is 1. The summed E-state index contributed by atoms with van der Waals surface area (Å²) in [6.07, 6.45) is 1.78. The van der Waals surface area contributed by atoms with Crippen LogP contribution in [0.3, 0.4) is 0 Å². The van der Waals surface area contributed by atoms with E-state index in [1.54, 1.807) is 19.1 Å². The van der Waals surface area contributed by atoms with E-state index in [2.05, 4.69) is 11.9 Å². The van der Waals surface area contributed by atoms with Crippen LogP contribution in [-0.4, -0.2) is 47.5 Å². The molecular formula is C23H20N2O6. The van der Waals surface area contributed by atoms with Gasteiger partial charge in [-0.1, -0.05) is 13.0 Å². The molecule has 2 aromatic rings. The molecule has 0 spiro atoms. The SMILES string of the molecule is C=CCN1C(=O)c2ccc(C(=O)OCC(=O)c3ccc(NC(=O)CC)cc3)cc2C1=O. The minimum Gasteiger partial charge on any atom is -0.454 e. The molecule has 0 saturated heterocycles. The number of ketones is 1. The molecule has 0 atom stereocenters. The zero-order chi connectivity index (χ0) is 22.5. The molecule has 1 aliphatic rings. The summed E-state index contributed by atoms with van der Waals surface area (Å²) in [6.45, 7) is 4.82. The number of amides is 3. The van der Waals surface area contributed by atoms with Crippen molar-refractivity contribution < 1.29 is 28.7 Å². The molecule has 2 aromatic carbocycles. The minimum atomic E-state index is -0.787. The normalized spacial score (nSPS) is 12.4. The van der Waals surface area contributed by atoms with Crippen molar-refractivity contribution in [3.63, 3.8) is 0 Å². The van der Waals surface area contributed by atoms with Crippen molar-refractivity contribution in [1.29, 1.82) is 0 Å². The van der Waals surface area contributed by atoms with Crippen LogP contribution >= 0.6 is 0 Å². The van der Waals surface area contributed by atoms with Crippen molar-refractivity contribution in [1.82, 2.24) is 4.90 Å². The maximum Gasteiger partial charge on any atom is 0.338 e. The number of rotatable bonds is 8. The number of carbonyl (C=O) groups is 5. The lowest BCUT2D eigenvalue weighted by Crippen LogP contribution is -2.29. The highest BCUT2D eigenvalue weighted by molar-refractivity contribution is 6.22. The molecule has 1 heterocycles. The zero-order valence-corrected chi connectivity index (χ0v) is 16.8. The Balaban J connectivity index is 1.63. The fourth-order valence-corrected chi connectivity index (χ4v) is 3.00. The summed E-state index contributed by atoms with van der Waals surface area (Å²) < 4.78 is 5.07. The van der Waals surface area contributed by atoms with E-state index in [-0.39, 0.29) is 29.1 Å². The monoisotopic (exact) mass is 420 g/mol. The Hall–Kier alpha value is -4.07. The Kier molecular flexibility index (Phi) is 6.40. The summed E-state index contributed by atoms with van der Waals surface area (Å²) >= 11 is 0. The lowest BCUT2D eigenvalue weighted by Gasteiger charge is -2.09. The van der Waals surface area contributed by atoms with E-state index in [0.29, 0.717) is 17.7 Å². The molecular weight excluding hydrogens is 400 g/mol. The van der Waals surface area contributed by atoms with Crippen LogP contribution in [0.25, 0.3) is 0 Å². The quantitative estimate of drug-likeness (QED) is 0.304. The highest BCUT2D eigenvalue weighted by Crippen LogP contribution is 2.24. The second-order valence-corrected chi connectivity index (χ2v) is 6.75. The van der Waals surface area contributed by atoms with Gasteiger partial charge in [0.05, 0.1) is 16.7 Å². The number of hydrogen-bond donors (Lipinski definition) is 1. The first-order valence-electron chi connectivity index (χ1n) is 9.57. The standard InChI is InChI=1S/C23H20N2O6/c1-3-11-25-21(28)17-10-7-15(12-18(17)22(25)29)23(30)31-13-19(26)14-5-8-16(9-6-14)24-20(27)4-2/h3,5-10,12H,1,4,11,13H2,2H3,(H,24,27). The predicted molar refractivity (Wildman–Crippen MR) is 112 cm³/mol. The maximum atomic E-state index is 12.4. The van der Waals surface area contributed by atoms with Gasteiger partial charge < -0.3 is 10.1 Å². The van der Waals surface area contributed by atoms with E-state index in [9.17, 15) is 24.0 Å². The summed E-state index contributed by atoms with van der Waals surface area (Å²) in [6, 6.07) is 10.3. The van der Waals surface area contributed by atoms with Gasteiger partial charge in [0.1, 0.15) is 0 Å². The van der Waals surface area contributed by atoms with Crippen LogP contribution in [0.2, 0.25) is 0 Å². The summed E-state index contributed by atoms with van der Waals surface area (Å²) in [5.74, 6) is -2.32. The summed E-state index contributed by atoms with van der Waals surface area (Å²) in [4.78, 5) is 61.6. The largest absolute Gasteiger partial charge is 0.454 e. The van der Waals surface area contributed by atoms with E-state index >= 15 is 0 Å². The molecule has 0 saturated carbocycles. The predicted octanol–water partition coefficient (Wildman–Crippen LogP) is 2.86. The van der Waals surface area contributed by atoms with Crippen molar-refractivity contribution >= 4 is 35.2 Å². The van der Waals surface area contributed by atoms with Gasteiger partial charge in [-0.15, -0.1) is 6.58 Å². The first-order chi connectivity index (χ1) is 14.8. The van der Waals surface area contributed by atoms with E-state index in [1.165, 1.54) is 36.4 Å². The topological polar surface area (TPSA) is 110 Å². The zero-order valence-electron chi connectivity index (χ0n) is 16.8. The van der Waals surface area contributed by atoms with Crippen LogP contribution in [-0.2, 0) is 9.53 Å². The first-order valence-corrected chi connectivity index (χ1v) is 9.57. The maximum absolute atomic E-state index is 12.4. The molecule has 158 valence electrons. The van der Waals surface area contributed by atoms with Crippen molar-refractivity contribution in [3.8, 4) is 0 Å². The van der Waals surface area contributed by atoms with Crippen LogP contribution < -0.4 is 5.32 Å². The van der Waals surface area contributed by atoms with E-state index in [4.69, 9.17) is 4.74 Å². The minimum absolute atomic E-state index is 0.0609. The van der Waals surface area contributed by atoms with Gasteiger partial charge in [-0.05, 0) is 42.5 Å². The number of Topliss-reactive ketones (excluding diaryl/α,β-unsaturated/α-hetero) is 1. The molecule has 8 heteroatoms. The Morgan fingerprint density at radius 1 is 1.00 bits per heavy atom. The molecule has 31 heavy (non-hydrogen) atoms. The van der Waals surface area contributed by atoms with Crippen LogP contribution in [0.15, 0.2) is 55.1 Å². The number of imide groups is 1. The third kappa shape index (κ3) is 4.58. The Bertz CT molecular complexity index is 1090. The van der Waals surface area contributed by atoms with E-state index < -0.39 is 30.2 Å². The number of benzene rings is 2. The van der Waals surface area contributed by atoms with Crippen LogP contribution in [0, 0.1) is 0 Å². The van der Waals surface area contributed by atoms with Gasteiger partial charge in [-0.3, -0.25) is 24.1 Å². The number of fused-ring (bicyclic) bond motifs is 1. The number of anilines is 1. The molecule has 0 aliphatic carbocycles. The number of nitrogens with zero attached hydrogens (tertiary/aromatic N) is 1. The van der Waals surface area contributed by atoms with Gasteiger partial charge in [0.2, 0.25) is 5.91 Å². The van der Waals surface area contributed by atoms with Gasteiger partial charge in [0.15, 0.2) is 12.4 Å². The third-order valence-electron chi connectivity index (χ3n) is 4.66. The van der Waals surface area contributed by atoms with Crippen molar-refractivity contribution in [2.45, 2.75) is 13.3 Å². The summed E-state index contributed by atoms with van der Waals surface area (Å²) in [5, 5.41) is 2.67. The first kappa shape index (κ1) is 21.6. The molecule has 1 N–H and O–H groups in total. The Morgan fingerprint density at radius 2 is 1.65 bits per heavy atom. The molecule has 0 radical (unpaired) electrons. The number of hydrogen-bond acceptors (Lipinski definition) is 6. The lowest BCUT2D eigenvalue weighted by molar-refractivity contribution is -0.115. The van der Waals surface area contributed by atoms with Crippen molar-refractivity contribution in [2.75, 3.05) is 18.5 Å². The third-order valence-corrected chi connectivity index (χ3v) is 4.66. The Labute approximate surface area is 178 Å². The second kappa shape index (κ2) is 9.17. The van der Waals surface area contributed by atoms with Gasteiger partial charge >= 0.3 is 5.97 Å². The van der Waals surface area contributed by atoms with Crippen LogP contribution in [0.4, 0.5) is 5.69 Å². The van der Waals surface area contributed by atoms with Gasteiger partial charge in [-0.2, -0.15) is 0 Å². The average molecular weight is 420 g/mol. The molecule has 8 nitrogen and oxygen atoms in total. The number of nitrogens with one attached hydrogen (secondary N) is 1. The van der Waals surface area contributed by atoms with Crippen molar-refractivity contribution in [2.24, 2.45) is 0 Å². The second-order valence-electron chi connectivity index (χ2n) is 6.75. The summed E-state index contributed by atoms with van der Waals surface area (Å²) in [7, 11) is 0. The lowest BCUT2D eigenvalue weighted by atomic mass is 10.1. The number of carbonyl (C=O) groups excluding carboxylic acids is 5. The van der Waals surface area contributed by atoms with Crippen LogP contribution in [0.5, 0.6) is 0 Å². The molecule has 0 aromatic heterocycles. The molecule has 1 aliphatic heterocycles. The smallest absolute Gasteiger partial charge is 0.338 e. The van der Waals surface area contributed by atoms with Crippen molar-refractivity contribution in [3.05, 3.63) is 77.4 Å². The molecule has 3 amide bonds. The molecule has 0 fully saturated rings. The van der Waals surface area contributed by atoms with Crippen LogP contribution in [0.1, 0.15) is 54.8 Å². The molecule has 0 bridgehead atoms. The van der Waals surface area contributed by atoms with Gasteiger partial charge in [-0.25, -0.2) is 4.79 Å². The number of esters is 1. The van der Waals surface area contributed by atoms with E-state index in [1.807, 2.05) is 0 Å². The highest BCUT2D eigenvalue weighted by Gasteiger charge is 2.35. The summed E-state index contributed by atoms with van der Waals surface area (Å²) in [5.41, 5.74) is 1.25. The Morgan fingerprint density at radius 3 is 2.29 bits per heavy atom. The highest BCUT2D eigenvalue weighted by atomic mass is 16.5. The van der Waals surface area contributed by atoms with Gasteiger partial charge in [0, 0.05) is 24.2 Å². The van der Waals surface area contributed by atoms with Gasteiger partial charge in [0.25, 0.3) is 11.8 Å². The van der Waals surface area contributed by atoms with E-state index in [0.717, 1.165) is 4.90 Å². The molecule has 0 unspecified atom stereocenters. The molecule has 3 rings (SSSR count). The fraction of sp³-hybridized carbons (Fsp3) is 0.174. The fourth-order valence-electron chi connectivity index (χ4n) is 3.00. The average Bonchev–Trinajstić information content (AvgIpc) is 3.02.